The number of nitrogens with zero attached hydrogens (tertiary/aromatic N) is 2. The van der Waals surface area contributed by atoms with Gasteiger partial charge < -0.3 is 4.90 Å². The summed E-state index contributed by atoms with van der Waals surface area (Å²) in [6.07, 6.45) is 2.50. The fourth-order valence-corrected chi connectivity index (χ4v) is 1.07. The van der Waals surface area contributed by atoms with E-state index in [1.54, 1.807) is 17.2 Å². The average Bonchev–Trinajstić information content (AvgIpc) is 2.17. The first-order chi connectivity index (χ1) is 6.26. The van der Waals surface area contributed by atoms with Crippen LogP contribution in [0.3, 0.4) is 0 Å². The van der Waals surface area contributed by atoms with Crippen molar-refractivity contribution in [3.8, 4) is 0 Å². The molecule has 0 radical (unpaired) electrons. The van der Waals surface area contributed by atoms with Gasteiger partial charge >= 0.3 is 0 Å². The molecule has 0 unspecified atom stereocenters. The van der Waals surface area contributed by atoms with Crippen molar-refractivity contribution in [2.45, 2.75) is 13.5 Å². The molecule has 1 heterocycles. The minimum atomic E-state index is 0.470. The SMILES string of the molecule is CCN(C=O)Cc1ccc(Cl)nc1. The molecule has 0 fully saturated rings. The van der Waals surface area contributed by atoms with Gasteiger partial charge in [0.1, 0.15) is 5.15 Å². The highest BCUT2D eigenvalue weighted by atomic mass is 35.5. The van der Waals surface area contributed by atoms with E-state index >= 15 is 0 Å². The minimum absolute atomic E-state index is 0.470. The molecular formula is C9H11ClN2O. The smallest absolute Gasteiger partial charge is 0.209 e. The molecule has 0 bridgehead atoms. The number of halogens is 1. The molecule has 3 nitrogen and oxygen atoms in total. The van der Waals surface area contributed by atoms with E-state index in [9.17, 15) is 4.79 Å². The van der Waals surface area contributed by atoms with E-state index in [2.05, 4.69) is 4.98 Å². The van der Waals surface area contributed by atoms with Crippen LogP contribution in [0.5, 0.6) is 0 Å². The summed E-state index contributed by atoms with van der Waals surface area (Å²) in [4.78, 5) is 16.1. The number of hydrogen-bond donors (Lipinski definition) is 0. The van der Waals surface area contributed by atoms with Crippen LogP contribution in [0.4, 0.5) is 0 Å². The van der Waals surface area contributed by atoms with Gasteiger partial charge in [-0.2, -0.15) is 0 Å². The van der Waals surface area contributed by atoms with E-state index in [4.69, 9.17) is 11.6 Å². The topological polar surface area (TPSA) is 33.2 Å². The van der Waals surface area contributed by atoms with Crippen molar-refractivity contribution in [3.05, 3.63) is 29.0 Å². The van der Waals surface area contributed by atoms with Crippen molar-refractivity contribution in [2.75, 3.05) is 6.54 Å². The van der Waals surface area contributed by atoms with Crippen LogP contribution in [-0.4, -0.2) is 22.8 Å². The van der Waals surface area contributed by atoms with Gasteiger partial charge in [0.25, 0.3) is 0 Å². The maximum atomic E-state index is 10.5. The van der Waals surface area contributed by atoms with Crippen LogP contribution >= 0.6 is 11.6 Å². The summed E-state index contributed by atoms with van der Waals surface area (Å²) >= 11 is 5.62. The lowest BCUT2D eigenvalue weighted by molar-refractivity contribution is -0.118. The molecule has 70 valence electrons. The summed E-state index contributed by atoms with van der Waals surface area (Å²) in [7, 11) is 0. The maximum absolute atomic E-state index is 10.5. The zero-order valence-electron chi connectivity index (χ0n) is 7.40. The second-order valence-corrected chi connectivity index (χ2v) is 3.04. The highest BCUT2D eigenvalue weighted by molar-refractivity contribution is 6.29. The zero-order chi connectivity index (χ0) is 9.68. The molecule has 1 aromatic rings. The molecule has 0 spiro atoms. The van der Waals surface area contributed by atoms with Crippen molar-refractivity contribution in [1.82, 2.24) is 9.88 Å². The third-order valence-corrected chi connectivity index (χ3v) is 1.95. The summed E-state index contributed by atoms with van der Waals surface area (Å²) in [5.74, 6) is 0. The van der Waals surface area contributed by atoms with E-state index in [-0.39, 0.29) is 0 Å². The largest absolute Gasteiger partial charge is 0.341 e. The van der Waals surface area contributed by atoms with Crippen molar-refractivity contribution in [1.29, 1.82) is 0 Å². The molecule has 4 heteroatoms. The average molecular weight is 199 g/mol. The van der Waals surface area contributed by atoms with Crippen LogP contribution in [0.2, 0.25) is 5.15 Å². The third kappa shape index (κ3) is 3.03. The molecule has 0 aromatic carbocycles. The molecule has 1 rings (SSSR count). The van der Waals surface area contributed by atoms with Crippen molar-refractivity contribution < 1.29 is 4.79 Å². The van der Waals surface area contributed by atoms with Crippen LogP contribution < -0.4 is 0 Å². The Labute approximate surface area is 82.3 Å². The lowest BCUT2D eigenvalue weighted by Gasteiger charge is -2.13. The highest BCUT2D eigenvalue weighted by Crippen LogP contribution is 2.06. The molecule has 1 amide bonds. The quantitative estimate of drug-likeness (QED) is 0.545. The van der Waals surface area contributed by atoms with Gasteiger partial charge in [-0.1, -0.05) is 17.7 Å². The Kier molecular flexibility index (Phi) is 3.71. The molecule has 13 heavy (non-hydrogen) atoms. The number of rotatable bonds is 4. The molecule has 1 aromatic heterocycles. The lowest BCUT2D eigenvalue weighted by Crippen LogP contribution is -2.20. The Hall–Kier alpha value is -1.09. The summed E-state index contributed by atoms with van der Waals surface area (Å²) in [5, 5.41) is 0.470. The molecule has 0 saturated heterocycles. The van der Waals surface area contributed by atoms with Crippen LogP contribution in [0.1, 0.15) is 12.5 Å². The Bertz CT molecular complexity index is 273. The summed E-state index contributed by atoms with van der Waals surface area (Å²) < 4.78 is 0. The molecule has 0 aliphatic carbocycles. The lowest BCUT2D eigenvalue weighted by atomic mass is 10.3. The number of carbonyl (C=O) groups excluding carboxylic acids is 1. The molecule has 0 saturated carbocycles. The van der Waals surface area contributed by atoms with E-state index < -0.39 is 0 Å². The molecule has 0 aliphatic heterocycles. The maximum Gasteiger partial charge on any atom is 0.209 e. The van der Waals surface area contributed by atoms with Gasteiger partial charge in [0.05, 0.1) is 0 Å². The van der Waals surface area contributed by atoms with Crippen molar-refractivity contribution in [2.24, 2.45) is 0 Å². The highest BCUT2D eigenvalue weighted by Gasteiger charge is 1.99. The Morgan fingerprint density at radius 2 is 2.38 bits per heavy atom. The Morgan fingerprint density at radius 1 is 1.62 bits per heavy atom. The van der Waals surface area contributed by atoms with E-state index in [0.29, 0.717) is 18.2 Å². The van der Waals surface area contributed by atoms with Gasteiger partial charge in [0.2, 0.25) is 6.41 Å². The zero-order valence-corrected chi connectivity index (χ0v) is 8.16. The number of pyridine rings is 1. The number of carbonyl (C=O) groups is 1. The van der Waals surface area contributed by atoms with Gasteiger partial charge in [-0.25, -0.2) is 4.98 Å². The van der Waals surface area contributed by atoms with Gasteiger partial charge in [0, 0.05) is 19.3 Å². The minimum Gasteiger partial charge on any atom is -0.341 e. The van der Waals surface area contributed by atoms with Gasteiger partial charge in [-0.15, -0.1) is 0 Å². The predicted octanol–water partition coefficient (Wildman–Crippen LogP) is 1.71. The summed E-state index contributed by atoms with van der Waals surface area (Å²) in [6.45, 7) is 3.22. The van der Waals surface area contributed by atoms with Crippen LogP contribution in [0.15, 0.2) is 18.3 Å². The Balaban J connectivity index is 2.63. The van der Waals surface area contributed by atoms with Crippen molar-refractivity contribution >= 4 is 18.0 Å². The summed E-state index contributed by atoms with van der Waals surface area (Å²) in [5.41, 5.74) is 0.985. The fourth-order valence-electron chi connectivity index (χ4n) is 0.958. The van der Waals surface area contributed by atoms with E-state index in [0.717, 1.165) is 12.0 Å². The first kappa shape index (κ1) is 9.99. The predicted molar refractivity (Wildman–Crippen MR) is 51.4 cm³/mol. The Morgan fingerprint density at radius 3 is 2.85 bits per heavy atom. The van der Waals surface area contributed by atoms with Crippen LogP contribution in [0.25, 0.3) is 0 Å². The van der Waals surface area contributed by atoms with Crippen molar-refractivity contribution in [3.63, 3.8) is 0 Å². The molecular weight excluding hydrogens is 188 g/mol. The first-order valence-corrected chi connectivity index (χ1v) is 4.44. The van der Waals surface area contributed by atoms with E-state index in [1.807, 2.05) is 13.0 Å². The van der Waals surface area contributed by atoms with Gasteiger partial charge in [0.15, 0.2) is 0 Å². The fraction of sp³-hybridized carbons (Fsp3) is 0.333. The van der Waals surface area contributed by atoms with Gasteiger partial charge in [-0.05, 0) is 18.6 Å². The standard InChI is InChI=1S/C9H11ClN2O/c1-2-12(7-13)6-8-3-4-9(10)11-5-8/h3-5,7H,2,6H2,1H3. The molecule has 0 aliphatic rings. The number of hydrogen-bond acceptors (Lipinski definition) is 2. The third-order valence-electron chi connectivity index (χ3n) is 1.73. The second-order valence-electron chi connectivity index (χ2n) is 2.66. The summed E-state index contributed by atoms with van der Waals surface area (Å²) in [6, 6.07) is 3.58. The number of aromatic nitrogens is 1. The molecule has 0 atom stereocenters. The monoisotopic (exact) mass is 198 g/mol. The normalized spacial score (nSPS) is 9.69. The van der Waals surface area contributed by atoms with Gasteiger partial charge in [-0.3, -0.25) is 4.79 Å². The van der Waals surface area contributed by atoms with Crippen LogP contribution in [-0.2, 0) is 11.3 Å². The van der Waals surface area contributed by atoms with E-state index in [1.165, 1.54) is 0 Å². The molecule has 0 N–H and O–H groups in total. The second kappa shape index (κ2) is 4.82. The van der Waals surface area contributed by atoms with Crippen LogP contribution in [0, 0.1) is 0 Å². The first-order valence-electron chi connectivity index (χ1n) is 4.06. The number of amides is 1.